The minimum absolute atomic E-state index is 0.00335. The molecule has 3 aromatic rings. The zero-order chi connectivity index (χ0) is 19.5. The number of carbonyl (C=O) groups is 2. The van der Waals surface area contributed by atoms with E-state index >= 15 is 0 Å². The van der Waals surface area contributed by atoms with Crippen molar-refractivity contribution in [1.82, 2.24) is 25.5 Å². The highest BCUT2D eigenvalue weighted by atomic mass is 16.5. The zero-order valence-corrected chi connectivity index (χ0v) is 15.2. The van der Waals surface area contributed by atoms with Crippen molar-refractivity contribution in [3.8, 4) is 17.1 Å². The summed E-state index contributed by atoms with van der Waals surface area (Å²) in [5, 5.41) is 13.8. The second-order valence-electron chi connectivity index (χ2n) is 6.25. The number of amides is 2. The van der Waals surface area contributed by atoms with Gasteiger partial charge in [0.2, 0.25) is 11.7 Å². The number of tetrazole rings is 1. The fraction of sp³-hybridized carbons (Fsp3) is 0.211. The summed E-state index contributed by atoms with van der Waals surface area (Å²) in [4.78, 5) is 29.0. The van der Waals surface area contributed by atoms with Crippen molar-refractivity contribution < 1.29 is 14.3 Å². The van der Waals surface area contributed by atoms with Crippen molar-refractivity contribution in [1.29, 1.82) is 0 Å². The minimum Gasteiger partial charge on any atom is -0.497 e. The molecule has 142 valence electrons. The Kier molecular flexibility index (Phi) is 4.71. The van der Waals surface area contributed by atoms with E-state index in [0.717, 1.165) is 5.69 Å². The van der Waals surface area contributed by atoms with Crippen LogP contribution >= 0.6 is 0 Å². The van der Waals surface area contributed by atoms with Crippen molar-refractivity contribution in [3.05, 3.63) is 54.1 Å². The molecular formula is C19H18N6O3. The number of piperazine rings is 1. The molecule has 0 aliphatic carbocycles. The van der Waals surface area contributed by atoms with Crippen LogP contribution in [0.4, 0.5) is 5.69 Å². The molecule has 0 spiro atoms. The molecule has 28 heavy (non-hydrogen) atoms. The van der Waals surface area contributed by atoms with Gasteiger partial charge in [0.05, 0.1) is 12.7 Å². The summed E-state index contributed by atoms with van der Waals surface area (Å²) in [5.74, 6) is 0.632. The number of hydrogen-bond donors (Lipinski definition) is 1. The SMILES string of the molecule is COc1cccc(N2CCN(C(=O)c3ccccc3-c3nn[nH]n3)CC2=O)c1. The molecule has 2 amide bonds. The van der Waals surface area contributed by atoms with Gasteiger partial charge in [-0.25, -0.2) is 0 Å². The van der Waals surface area contributed by atoms with E-state index in [4.69, 9.17) is 4.74 Å². The molecule has 2 aromatic carbocycles. The summed E-state index contributed by atoms with van der Waals surface area (Å²) < 4.78 is 5.22. The maximum atomic E-state index is 13.1. The van der Waals surface area contributed by atoms with E-state index in [1.54, 1.807) is 42.3 Å². The van der Waals surface area contributed by atoms with Gasteiger partial charge in [0, 0.05) is 30.4 Å². The molecule has 1 aromatic heterocycles. The Labute approximate surface area is 160 Å². The predicted molar refractivity (Wildman–Crippen MR) is 101 cm³/mol. The van der Waals surface area contributed by atoms with Crippen LogP contribution in [0.1, 0.15) is 10.4 Å². The van der Waals surface area contributed by atoms with Crippen molar-refractivity contribution in [2.24, 2.45) is 0 Å². The average Bonchev–Trinajstić information content (AvgIpc) is 3.28. The summed E-state index contributed by atoms with van der Waals surface area (Å²) in [5.41, 5.74) is 1.76. The van der Waals surface area contributed by atoms with E-state index in [9.17, 15) is 9.59 Å². The van der Waals surface area contributed by atoms with E-state index < -0.39 is 0 Å². The van der Waals surface area contributed by atoms with Crippen LogP contribution < -0.4 is 9.64 Å². The second kappa shape index (κ2) is 7.47. The lowest BCUT2D eigenvalue weighted by molar-refractivity contribution is -0.120. The van der Waals surface area contributed by atoms with Gasteiger partial charge in [-0.15, -0.1) is 10.2 Å². The molecule has 0 bridgehead atoms. The van der Waals surface area contributed by atoms with Crippen LogP contribution in [0.2, 0.25) is 0 Å². The smallest absolute Gasteiger partial charge is 0.255 e. The Morgan fingerprint density at radius 2 is 2.00 bits per heavy atom. The maximum absolute atomic E-state index is 13.1. The first-order valence-corrected chi connectivity index (χ1v) is 8.74. The highest BCUT2D eigenvalue weighted by Gasteiger charge is 2.30. The largest absolute Gasteiger partial charge is 0.497 e. The van der Waals surface area contributed by atoms with Crippen LogP contribution in [-0.4, -0.2) is 64.1 Å². The number of H-pyrrole nitrogens is 1. The number of rotatable bonds is 4. The maximum Gasteiger partial charge on any atom is 0.255 e. The molecule has 1 saturated heterocycles. The lowest BCUT2D eigenvalue weighted by Crippen LogP contribution is -2.52. The number of hydrogen-bond acceptors (Lipinski definition) is 6. The zero-order valence-electron chi connectivity index (χ0n) is 15.2. The summed E-state index contributed by atoms with van der Waals surface area (Å²) in [6, 6.07) is 14.3. The number of nitrogens with one attached hydrogen (secondary N) is 1. The number of anilines is 1. The number of aromatic amines is 1. The molecule has 0 saturated carbocycles. The quantitative estimate of drug-likeness (QED) is 0.735. The summed E-state index contributed by atoms with van der Waals surface area (Å²) >= 11 is 0. The molecule has 9 heteroatoms. The van der Waals surface area contributed by atoms with Gasteiger partial charge in [-0.2, -0.15) is 5.21 Å². The van der Waals surface area contributed by atoms with Gasteiger partial charge in [0.15, 0.2) is 0 Å². The molecule has 0 unspecified atom stereocenters. The molecule has 1 aliphatic rings. The third kappa shape index (κ3) is 3.29. The van der Waals surface area contributed by atoms with Crippen molar-refractivity contribution in [3.63, 3.8) is 0 Å². The Bertz CT molecular complexity index is 1000. The topological polar surface area (TPSA) is 104 Å². The molecule has 1 fully saturated rings. The molecule has 2 heterocycles. The Morgan fingerprint density at radius 3 is 2.75 bits per heavy atom. The number of carbonyl (C=O) groups excluding carboxylic acids is 2. The fourth-order valence-corrected chi connectivity index (χ4v) is 3.21. The highest BCUT2D eigenvalue weighted by molar-refractivity contribution is 6.04. The number of methoxy groups -OCH3 is 1. The number of nitrogens with zero attached hydrogens (tertiary/aromatic N) is 5. The minimum atomic E-state index is -0.237. The third-order valence-corrected chi connectivity index (χ3v) is 4.62. The molecule has 0 radical (unpaired) electrons. The molecule has 0 atom stereocenters. The predicted octanol–water partition coefficient (Wildman–Crippen LogP) is 1.36. The molecular weight excluding hydrogens is 360 g/mol. The van der Waals surface area contributed by atoms with Crippen molar-refractivity contribution >= 4 is 17.5 Å². The Balaban J connectivity index is 1.54. The van der Waals surface area contributed by atoms with Crippen molar-refractivity contribution in [2.45, 2.75) is 0 Å². The molecule has 9 nitrogen and oxygen atoms in total. The van der Waals surface area contributed by atoms with Crippen LogP contribution in [0.15, 0.2) is 48.5 Å². The van der Waals surface area contributed by atoms with E-state index in [0.29, 0.717) is 35.8 Å². The van der Waals surface area contributed by atoms with Crippen LogP contribution in [0.5, 0.6) is 5.75 Å². The highest BCUT2D eigenvalue weighted by Crippen LogP contribution is 2.25. The molecule has 4 rings (SSSR count). The van der Waals surface area contributed by atoms with Crippen LogP contribution in [-0.2, 0) is 4.79 Å². The van der Waals surface area contributed by atoms with Gasteiger partial charge >= 0.3 is 0 Å². The van der Waals surface area contributed by atoms with E-state index in [1.807, 2.05) is 18.2 Å². The number of aromatic nitrogens is 4. The first-order valence-electron chi connectivity index (χ1n) is 8.74. The Morgan fingerprint density at radius 1 is 1.14 bits per heavy atom. The van der Waals surface area contributed by atoms with Gasteiger partial charge in [-0.3, -0.25) is 9.59 Å². The van der Waals surface area contributed by atoms with Gasteiger partial charge in [-0.05, 0) is 23.4 Å². The van der Waals surface area contributed by atoms with E-state index in [1.165, 1.54) is 4.90 Å². The van der Waals surface area contributed by atoms with Gasteiger partial charge in [0.1, 0.15) is 12.3 Å². The lowest BCUT2D eigenvalue weighted by Gasteiger charge is -2.34. The summed E-state index contributed by atoms with van der Waals surface area (Å²) in [6.07, 6.45) is 0. The van der Waals surface area contributed by atoms with E-state index in [-0.39, 0.29) is 18.4 Å². The third-order valence-electron chi connectivity index (χ3n) is 4.62. The summed E-state index contributed by atoms with van der Waals surface area (Å²) in [7, 11) is 1.58. The van der Waals surface area contributed by atoms with Crippen LogP contribution in [0.25, 0.3) is 11.4 Å². The molecule has 1 N–H and O–H groups in total. The Hall–Kier alpha value is -3.75. The van der Waals surface area contributed by atoms with Crippen molar-refractivity contribution in [2.75, 3.05) is 31.6 Å². The van der Waals surface area contributed by atoms with E-state index in [2.05, 4.69) is 20.6 Å². The summed E-state index contributed by atoms with van der Waals surface area (Å²) in [6.45, 7) is 0.821. The van der Waals surface area contributed by atoms with Gasteiger partial charge in [0.25, 0.3) is 5.91 Å². The first kappa shape index (κ1) is 17.7. The van der Waals surface area contributed by atoms with Gasteiger partial charge < -0.3 is 14.5 Å². The monoisotopic (exact) mass is 378 g/mol. The second-order valence-corrected chi connectivity index (χ2v) is 6.25. The first-order chi connectivity index (χ1) is 13.7. The molecule has 1 aliphatic heterocycles. The average molecular weight is 378 g/mol. The standard InChI is InChI=1S/C19H18N6O3/c1-28-14-6-4-5-13(11-14)25-10-9-24(12-17(25)26)19(27)16-8-3-2-7-15(16)18-20-22-23-21-18/h2-8,11H,9-10,12H2,1H3,(H,20,21,22,23). The van der Waals surface area contributed by atoms with Gasteiger partial charge in [-0.1, -0.05) is 24.3 Å². The lowest BCUT2D eigenvalue weighted by atomic mass is 10.1. The van der Waals surface area contributed by atoms with Crippen LogP contribution in [0.3, 0.4) is 0 Å². The van der Waals surface area contributed by atoms with Crippen LogP contribution in [0, 0.1) is 0 Å². The number of ether oxygens (including phenoxy) is 1. The normalized spacial score (nSPS) is 14.2. The number of benzene rings is 2. The fourth-order valence-electron chi connectivity index (χ4n) is 3.21.